The average Bonchev–Trinajstić information content (AvgIpc) is 3.33. The smallest absolute Gasteiger partial charge is 0.414 e. The number of methoxy groups -OCH3 is 1. The highest BCUT2D eigenvalue weighted by atomic mass is 16.5. The molecule has 0 bridgehead atoms. The van der Waals surface area contributed by atoms with Gasteiger partial charge in [0.1, 0.15) is 18.1 Å². The van der Waals surface area contributed by atoms with E-state index in [9.17, 15) is 4.79 Å². The Hall–Kier alpha value is -3.65. The minimum Gasteiger partial charge on any atom is -0.497 e. The van der Waals surface area contributed by atoms with E-state index < -0.39 is 11.9 Å². The van der Waals surface area contributed by atoms with E-state index >= 15 is 0 Å². The molecule has 0 amide bonds. The van der Waals surface area contributed by atoms with E-state index in [2.05, 4.69) is 4.90 Å². The third-order valence-corrected chi connectivity index (χ3v) is 5.67. The first-order chi connectivity index (χ1) is 16.6. The summed E-state index contributed by atoms with van der Waals surface area (Å²) in [6.45, 7) is 10.0. The molecule has 2 aromatic carbocycles. The molecule has 188 valence electrons. The van der Waals surface area contributed by atoms with Crippen molar-refractivity contribution in [1.82, 2.24) is 4.90 Å². The Balaban J connectivity index is 0.000000641. The molecule has 0 saturated carbocycles. The molecule has 8 nitrogen and oxygen atoms in total. The van der Waals surface area contributed by atoms with Crippen molar-refractivity contribution in [2.75, 3.05) is 33.4 Å². The number of likely N-dealkylation sites (tertiary alicyclic amines) is 1. The second kappa shape index (κ2) is 13.3. The van der Waals surface area contributed by atoms with E-state index in [1.807, 2.05) is 57.2 Å². The molecule has 3 rings (SSSR count). The fraction of sp³-hybridized carbons (Fsp3) is 0.370. The number of aliphatic carboxylic acids is 2. The highest BCUT2D eigenvalue weighted by Gasteiger charge is 2.13. The summed E-state index contributed by atoms with van der Waals surface area (Å²) in [6.07, 6.45) is 6.08. The summed E-state index contributed by atoms with van der Waals surface area (Å²) >= 11 is 0. The molecule has 0 aliphatic carbocycles. The van der Waals surface area contributed by atoms with Gasteiger partial charge in [0.2, 0.25) is 0 Å². The summed E-state index contributed by atoms with van der Waals surface area (Å²) in [5, 5.41) is 14.8. The molecule has 35 heavy (non-hydrogen) atoms. The number of hydrogen-bond acceptors (Lipinski definition) is 6. The minimum absolute atomic E-state index is 0.00460. The number of ketones is 1. The number of benzene rings is 2. The molecular formula is C27H33NO7. The van der Waals surface area contributed by atoms with Gasteiger partial charge in [-0.25, -0.2) is 9.59 Å². The molecule has 0 atom stereocenters. The van der Waals surface area contributed by atoms with Gasteiger partial charge in [-0.2, -0.15) is 0 Å². The maximum absolute atomic E-state index is 12.7. The number of allylic oxidation sites excluding steroid dienone is 1. The molecule has 1 aliphatic rings. The maximum Gasteiger partial charge on any atom is 0.414 e. The molecule has 1 aliphatic heterocycles. The third-order valence-electron chi connectivity index (χ3n) is 5.67. The first kappa shape index (κ1) is 27.6. The first-order valence-corrected chi connectivity index (χ1v) is 11.4. The van der Waals surface area contributed by atoms with Crippen molar-refractivity contribution in [1.29, 1.82) is 0 Å². The molecule has 1 heterocycles. The molecule has 2 aromatic rings. The third kappa shape index (κ3) is 8.57. The normalized spacial score (nSPS) is 13.3. The Morgan fingerprint density at radius 3 is 2.06 bits per heavy atom. The lowest BCUT2D eigenvalue weighted by molar-refractivity contribution is -0.159. The van der Waals surface area contributed by atoms with Crippen LogP contribution in [0.2, 0.25) is 0 Å². The predicted molar refractivity (Wildman–Crippen MR) is 133 cm³/mol. The number of aryl methyl sites for hydroxylation is 3. The molecule has 2 N–H and O–H groups in total. The van der Waals surface area contributed by atoms with Gasteiger partial charge < -0.3 is 19.7 Å². The Morgan fingerprint density at radius 1 is 0.943 bits per heavy atom. The van der Waals surface area contributed by atoms with Gasteiger partial charge in [0.15, 0.2) is 5.78 Å². The maximum atomic E-state index is 12.7. The number of carbonyl (C=O) groups is 3. The van der Waals surface area contributed by atoms with Crippen molar-refractivity contribution >= 4 is 23.8 Å². The van der Waals surface area contributed by atoms with Gasteiger partial charge in [-0.3, -0.25) is 9.69 Å². The zero-order valence-electron chi connectivity index (χ0n) is 20.7. The zero-order chi connectivity index (χ0) is 26.0. The molecule has 0 unspecified atom stereocenters. The van der Waals surface area contributed by atoms with Crippen LogP contribution in [0, 0.1) is 20.8 Å². The van der Waals surface area contributed by atoms with Crippen LogP contribution in [0.4, 0.5) is 0 Å². The molecular weight excluding hydrogens is 450 g/mol. The number of carboxylic acid groups (broad SMARTS) is 2. The topological polar surface area (TPSA) is 113 Å². The van der Waals surface area contributed by atoms with Crippen LogP contribution < -0.4 is 9.47 Å². The Kier molecular flexibility index (Phi) is 10.5. The molecule has 8 heteroatoms. The number of hydrogen-bond donors (Lipinski definition) is 2. The van der Waals surface area contributed by atoms with Crippen molar-refractivity contribution in [3.05, 3.63) is 64.2 Å². The van der Waals surface area contributed by atoms with E-state index in [-0.39, 0.29) is 5.78 Å². The van der Waals surface area contributed by atoms with Crippen LogP contribution in [0.25, 0.3) is 6.08 Å². The van der Waals surface area contributed by atoms with Crippen LogP contribution in [0.1, 0.15) is 45.5 Å². The van der Waals surface area contributed by atoms with Gasteiger partial charge in [-0.05, 0) is 99.3 Å². The van der Waals surface area contributed by atoms with Crippen LogP contribution in [0.5, 0.6) is 11.5 Å². The van der Waals surface area contributed by atoms with Gasteiger partial charge in [0, 0.05) is 12.1 Å². The van der Waals surface area contributed by atoms with Gasteiger partial charge in [-0.15, -0.1) is 0 Å². The van der Waals surface area contributed by atoms with E-state index in [1.165, 1.54) is 25.9 Å². The first-order valence-electron chi connectivity index (χ1n) is 11.4. The fourth-order valence-electron chi connectivity index (χ4n) is 3.83. The van der Waals surface area contributed by atoms with Crippen LogP contribution in [-0.4, -0.2) is 66.2 Å². The summed E-state index contributed by atoms with van der Waals surface area (Å²) in [7, 11) is 1.65. The Bertz CT molecular complexity index is 1050. The highest BCUT2D eigenvalue weighted by molar-refractivity contribution is 6.27. The van der Waals surface area contributed by atoms with E-state index in [1.54, 1.807) is 13.2 Å². The number of carbonyl (C=O) groups excluding carboxylic acids is 1. The van der Waals surface area contributed by atoms with E-state index in [0.717, 1.165) is 40.3 Å². The van der Waals surface area contributed by atoms with Crippen molar-refractivity contribution in [3.8, 4) is 11.5 Å². The highest BCUT2D eigenvalue weighted by Crippen LogP contribution is 2.26. The van der Waals surface area contributed by atoms with Crippen LogP contribution in [-0.2, 0) is 9.59 Å². The number of nitrogens with zero attached hydrogens (tertiary/aromatic N) is 1. The summed E-state index contributed by atoms with van der Waals surface area (Å²) in [5.41, 5.74) is 4.78. The van der Waals surface area contributed by atoms with Crippen molar-refractivity contribution in [3.63, 3.8) is 0 Å². The van der Waals surface area contributed by atoms with Gasteiger partial charge in [0.05, 0.1) is 7.11 Å². The predicted octanol–water partition coefficient (Wildman–Crippen LogP) is 4.15. The van der Waals surface area contributed by atoms with Crippen LogP contribution >= 0.6 is 0 Å². The average molecular weight is 484 g/mol. The standard InChI is InChI=1S/C25H31NO3.C2H2O4/c1-18-17-23(28-4)9-7-21(18)8-10-24(27)22-15-19(2)25(20(3)16-22)29-14-13-26-11-5-6-12-26;3-1(4)2(5)6/h7-10,15-17H,5-6,11-14H2,1-4H3;(H,3,4)(H,5,6)/b10-8+;. The largest absolute Gasteiger partial charge is 0.497 e. The van der Waals surface area contributed by atoms with Crippen LogP contribution in [0.15, 0.2) is 36.4 Å². The molecule has 1 saturated heterocycles. The number of carboxylic acids is 2. The lowest BCUT2D eigenvalue weighted by atomic mass is 10.0. The summed E-state index contributed by atoms with van der Waals surface area (Å²) < 4.78 is 11.3. The quantitative estimate of drug-likeness (QED) is 0.327. The Labute approximate surface area is 205 Å². The van der Waals surface area contributed by atoms with Gasteiger partial charge in [-0.1, -0.05) is 12.1 Å². The molecule has 1 fully saturated rings. The zero-order valence-corrected chi connectivity index (χ0v) is 20.7. The number of rotatable bonds is 8. The van der Waals surface area contributed by atoms with Crippen LogP contribution in [0.3, 0.4) is 0 Å². The fourth-order valence-corrected chi connectivity index (χ4v) is 3.83. The number of ether oxygens (including phenoxy) is 2. The lowest BCUT2D eigenvalue weighted by Crippen LogP contribution is -2.25. The van der Waals surface area contributed by atoms with E-state index in [0.29, 0.717) is 12.2 Å². The summed E-state index contributed by atoms with van der Waals surface area (Å²) in [5.74, 6) is -1.94. The van der Waals surface area contributed by atoms with E-state index in [4.69, 9.17) is 29.3 Å². The molecule has 0 spiro atoms. The van der Waals surface area contributed by atoms with Gasteiger partial charge in [0.25, 0.3) is 0 Å². The lowest BCUT2D eigenvalue weighted by Gasteiger charge is -2.17. The minimum atomic E-state index is -1.82. The molecule has 0 aromatic heterocycles. The summed E-state index contributed by atoms with van der Waals surface area (Å²) in [6, 6.07) is 9.68. The van der Waals surface area contributed by atoms with Crippen molar-refractivity contribution < 1.29 is 34.1 Å². The molecule has 0 radical (unpaired) electrons. The second-order valence-corrected chi connectivity index (χ2v) is 8.37. The van der Waals surface area contributed by atoms with Crippen molar-refractivity contribution in [2.24, 2.45) is 0 Å². The summed E-state index contributed by atoms with van der Waals surface area (Å²) in [4.78, 5) is 33.3. The van der Waals surface area contributed by atoms with Crippen molar-refractivity contribution in [2.45, 2.75) is 33.6 Å². The van der Waals surface area contributed by atoms with Gasteiger partial charge >= 0.3 is 11.9 Å². The monoisotopic (exact) mass is 483 g/mol. The second-order valence-electron chi connectivity index (χ2n) is 8.37. The SMILES string of the molecule is COc1ccc(/C=C/C(=O)c2cc(C)c(OCCN3CCCC3)c(C)c2)c(C)c1.O=C(O)C(=O)O. The Morgan fingerprint density at radius 2 is 1.54 bits per heavy atom.